The molecule has 1 aromatic carbocycles. The van der Waals surface area contributed by atoms with Gasteiger partial charge in [0.2, 0.25) is 0 Å². The molecule has 0 amide bonds. The van der Waals surface area contributed by atoms with Gasteiger partial charge in [-0.2, -0.15) is 0 Å². The van der Waals surface area contributed by atoms with Crippen LogP contribution in [-0.4, -0.2) is 25.1 Å². The largest absolute Gasteiger partial charge is 0.507 e. The number of ketones is 1. The highest BCUT2D eigenvalue weighted by Crippen LogP contribution is 2.43. The Labute approximate surface area is 114 Å². The van der Waals surface area contributed by atoms with Gasteiger partial charge >= 0.3 is 0 Å². The Bertz CT molecular complexity index is 460. The van der Waals surface area contributed by atoms with Gasteiger partial charge in [0.05, 0.1) is 14.2 Å². The number of aromatic hydroxyl groups is 1. The second kappa shape index (κ2) is 5.95. The summed E-state index contributed by atoms with van der Waals surface area (Å²) < 4.78 is 10.6. The molecule has 1 aromatic rings. The Hall–Kier alpha value is -1.71. The number of hydrogen-bond acceptors (Lipinski definition) is 4. The molecule has 0 unspecified atom stereocenters. The first kappa shape index (κ1) is 15.3. The van der Waals surface area contributed by atoms with E-state index in [2.05, 4.69) is 0 Å². The summed E-state index contributed by atoms with van der Waals surface area (Å²) in [6.07, 6.45) is 0.740. The minimum atomic E-state index is -0.119. The van der Waals surface area contributed by atoms with Gasteiger partial charge in [-0.25, -0.2) is 0 Å². The predicted molar refractivity (Wildman–Crippen MR) is 74.5 cm³/mol. The first-order valence-electron chi connectivity index (χ1n) is 6.38. The molecule has 4 nitrogen and oxygen atoms in total. The molecule has 1 N–H and O–H groups in total. The van der Waals surface area contributed by atoms with Crippen molar-refractivity contribution in [2.24, 2.45) is 5.92 Å². The van der Waals surface area contributed by atoms with E-state index in [4.69, 9.17) is 9.47 Å². The molecule has 0 fully saturated rings. The molecule has 106 valence electrons. The van der Waals surface area contributed by atoms with Crippen LogP contribution in [-0.2, 0) is 0 Å². The van der Waals surface area contributed by atoms with E-state index in [1.807, 2.05) is 13.8 Å². The Balaban J connectivity index is 3.64. The van der Waals surface area contributed by atoms with E-state index < -0.39 is 0 Å². The number of benzene rings is 1. The maximum absolute atomic E-state index is 12.5. The topological polar surface area (TPSA) is 55.8 Å². The van der Waals surface area contributed by atoms with Crippen molar-refractivity contribution in [2.45, 2.75) is 34.1 Å². The van der Waals surface area contributed by atoms with E-state index in [-0.39, 0.29) is 17.5 Å². The van der Waals surface area contributed by atoms with Crippen LogP contribution in [0, 0.1) is 19.8 Å². The van der Waals surface area contributed by atoms with Gasteiger partial charge in [-0.1, -0.05) is 13.8 Å². The Morgan fingerprint density at radius 1 is 1.16 bits per heavy atom. The van der Waals surface area contributed by atoms with E-state index in [1.165, 1.54) is 14.2 Å². The van der Waals surface area contributed by atoms with Crippen molar-refractivity contribution >= 4 is 5.78 Å². The number of carbonyl (C=O) groups is 1. The molecule has 0 aliphatic heterocycles. The van der Waals surface area contributed by atoms with Crippen LogP contribution in [0.5, 0.6) is 17.2 Å². The van der Waals surface area contributed by atoms with Crippen LogP contribution in [0.3, 0.4) is 0 Å². The molecule has 0 aliphatic rings. The molecular weight excluding hydrogens is 244 g/mol. The molecule has 0 bridgehead atoms. The molecule has 0 aromatic heterocycles. The zero-order valence-corrected chi connectivity index (χ0v) is 12.5. The number of Topliss-reactive ketones (excluding diaryl/α,β-unsaturated/α-hetero) is 1. The average Bonchev–Trinajstić information content (AvgIpc) is 2.42. The van der Waals surface area contributed by atoms with Crippen molar-refractivity contribution in [2.75, 3.05) is 14.2 Å². The summed E-state index contributed by atoms with van der Waals surface area (Å²) in [5.41, 5.74) is 1.55. The van der Waals surface area contributed by atoms with Gasteiger partial charge in [-0.15, -0.1) is 0 Å². The Morgan fingerprint density at radius 2 is 1.58 bits per heavy atom. The summed E-state index contributed by atoms with van der Waals surface area (Å²) in [5, 5.41) is 10.1. The highest BCUT2D eigenvalue weighted by Gasteiger charge is 2.28. The minimum Gasteiger partial charge on any atom is -0.507 e. The highest BCUT2D eigenvalue weighted by molar-refractivity contribution is 6.04. The number of methoxy groups -OCH3 is 2. The first-order chi connectivity index (χ1) is 8.90. The third kappa shape index (κ3) is 2.53. The lowest BCUT2D eigenvalue weighted by Gasteiger charge is -2.20. The Morgan fingerprint density at radius 3 is 1.89 bits per heavy atom. The Kier molecular flexibility index (Phi) is 4.81. The molecule has 4 heteroatoms. The summed E-state index contributed by atoms with van der Waals surface area (Å²) >= 11 is 0. The van der Waals surface area contributed by atoms with Crippen LogP contribution in [0.15, 0.2) is 0 Å². The van der Waals surface area contributed by atoms with E-state index in [0.717, 1.165) is 6.42 Å². The zero-order valence-electron chi connectivity index (χ0n) is 12.5. The van der Waals surface area contributed by atoms with E-state index >= 15 is 0 Å². The van der Waals surface area contributed by atoms with Crippen LogP contribution < -0.4 is 9.47 Å². The van der Waals surface area contributed by atoms with Crippen LogP contribution >= 0.6 is 0 Å². The molecule has 0 saturated heterocycles. The van der Waals surface area contributed by atoms with Crippen LogP contribution in [0.4, 0.5) is 0 Å². The third-order valence-electron chi connectivity index (χ3n) is 3.56. The lowest BCUT2D eigenvalue weighted by Crippen LogP contribution is -2.14. The molecular formula is C15H22O4. The molecule has 0 spiro atoms. The second-order valence-corrected chi connectivity index (χ2v) is 4.71. The fraction of sp³-hybridized carbons (Fsp3) is 0.533. The standard InChI is InChI=1S/C15H22O4/c1-7-8(2)12(16)11-14(18-5)9(3)13(17)10(4)15(11)19-6/h8,17H,7H2,1-6H3/t8-/m0/s1. The summed E-state index contributed by atoms with van der Waals surface area (Å²) in [4.78, 5) is 12.5. The molecule has 0 heterocycles. The van der Waals surface area contributed by atoms with Gasteiger partial charge in [0.15, 0.2) is 5.78 Å². The quantitative estimate of drug-likeness (QED) is 0.831. The summed E-state index contributed by atoms with van der Waals surface area (Å²) in [6.45, 7) is 7.29. The van der Waals surface area contributed by atoms with Gasteiger partial charge in [-0.05, 0) is 20.3 Å². The van der Waals surface area contributed by atoms with Crippen LogP contribution in [0.25, 0.3) is 0 Å². The highest BCUT2D eigenvalue weighted by atomic mass is 16.5. The van der Waals surface area contributed by atoms with Crippen LogP contribution in [0.2, 0.25) is 0 Å². The van der Waals surface area contributed by atoms with Gasteiger partial charge < -0.3 is 14.6 Å². The SMILES string of the molecule is CC[C@H](C)C(=O)c1c(OC)c(C)c(O)c(C)c1OC. The van der Waals surface area contributed by atoms with Crippen molar-refractivity contribution in [1.82, 2.24) is 0 Å². The van der Waals surface area contributed by atoms with Crippen LogP contribution in [0.1, 0.15) is 41.8 Å². The maximum Gasteiger partial charge on any atom is 0.173 e. The minimum absolute atomic E-state index is 0.0256. The monoisotopic (exact) mass is 266 g/mol. The van der Waals surface area contributed by atoms with Gasteiger partial charge in [0.1, 0.15) is 22.8 Å². The van der Waals surface area contributed by atoms with Gasteiger partial charge in [0.25, 0.3) is 0 Å². The molecule has 1 rings (SSSR count). The zero-order chi connectivity index (χ0) is 14.7. The first-order valence-corrected chi connectivity index (χ1v) is 6.38. The van der Waals surface area contributed by atoms with Crippen molar-refractivity contribution in [3.8, 4) is 17.2 Å². The van der Waals surface area contributed by atoms with E-state index in [1.54, 1.807) is 13.8 Å². The van der Waals surface area contributed by atoms with E-state index in [9.17, 15) is 9.90 Å². The fourth-order valence-electron chi connectivity index (χ4n) is 2.14. The summed E-state index contributed by atoms with van der Waals surface area (Å²) in [5.74, 6) is 0.749. The molecule has 0 aliphatic carbocycles. The normalized spacial score (nSPS) is 12.1. The average molecular weight is 266 g/mol. The number of phenolic OH excluding ortho intramolecular Hbond substituents is 1. The third-order valence-corrected chi connectivity index (χ3v) is 3.56. The molecule has 1 atom stereocenters. The lowest BCUT2D eigenvalue weighted by atomic mass is 9.92. The van der Waals surface area contributed by atoms with Crippen molar-refractivity contribution in [1.29, 1.82) is 0 Å². The van der Waals surface area contributed by atoms with Crippen molar-refractivity contribution < 1.29 is 19.4 Å². The lowest BCUT2D eigenvalue weighted by molar-refractivity contribution is 0.0920. The smallest absolute Gasteiger partial charge is 0.173 e. The van der Waals surface area contributed by atoms with Gasteiger partial charge in [0, 0.05) is 17.0 Å². The molecule has 0 saturated carbocycles. The second-order valence-electron chi connectivity index (χ2n) is 4.71. The number of carbonyl (C=O) groups excluding carboxylic acids is 1. The number of ether oxygens (including phenoxy) is 2. The molecule has 19 heavy (non-hydrogen) atoms. The van der Waals surface area contributed by atoms with Crippen molar-refractivity contribution in [3.05, 3.63) is 16.7 Å². The summed E-state index contributed by atoms with van der Waals surface area (Å²) in [7, 11) is 2.98. The van der Waals surface area contributed by atoms with Gasteiger partial charge in [-0.3, -0.25) is 4.79 Å². The van der Waals surface area contributed by atoms with Crippen molar-refractivity contribution in [3.63, 3.8) is 0 Å². The number of phenols is 1. The molecule has 0 radical (unpaired) electrons. The predicted octanol–water partition coefficient (Wildman–Crippen LogP) is 3.26. The summed E-state index contributed by atoms with van der Waals surface area (Å²) in [6, 6.07) is 0. The maximum atomic E-state index is 12.5. The fourth-order valence-corrected chi connectivity index (χ4v) is 2.14. The van der Waals surface area contributed by atoms with E-state index in [0.29, 0.717) is 28.2 Å². The number of rotatable bonds is 5. The number of hydrogen-bond donors (Lipinski definition) is 1.